The lowest BCUT2D eigenvalue weighted by Gasteiger charge is -2.07. The molecule has 1 aromatic heterocycles. The maximum atomic E-state index is 13.2. The molecule has 1 aliphatic rings. The SMILES string of the molecule is CNS(=O)(=O)c1ccc(NC(=O)c2nn(-c3ccc(F)cc3)c3c2CCC3)cc1. The van der Waals surface area contributed by atoms with Crippen LogP contribution in [-0.2, 0) is 22.9 Å². The summed E-state index contributed by atoms with van der Waals surface area (Å²) in [6.07, 6.45) is 2.47. The molecule has 3 aromatic rings. The van der Waals surface area contributed by atoms with Crippen LogP contribution in [0.4, 0.5) is 10.1 Å². The number of nitrogens with zero attached hydrogens (tertiary/aromatic N) is 2. The summed E-state index contributed by atoms with van der Waals surface area (Å²) in [6, 6.07) is 11.9. The third-order valence-electron chi connectivity index (χ3n) is 4.91. The van der Waals surface area contributed by atoms with E-state index in [0.29, 0.717) is 17.1 Å². The van der Waals surface area contributed by atoms with Gasteiger partial charge in [-0.1, -0.05) is 0 Å². The lowest BCUT2D eigenvalue weighted by Crippen LogP contribution is -2.19. The third kappa shape index (κ3) is 3.66. The van der Waals surface area contributed by atoms with Crippen molar-refractivity contribution in [3.05, 3.63) is 71.3 Å². The summed E-state index contributed by atoms with van der Waals surface area (Å²) in [5.41, 5.74) is 3.34. The van der Waals surface area contributed by atoms with Gasteiger partial charge in [0.1, 0.15) is 5.82 Å². The van der Waals surface area contributed by atoms with E-state index in [2.05, 4.69) is 15.1 Å². The molecule has 150 valence electrons. The second-order valence-electron chi connectivity index (χ2n) is 6.70. The summed E-state index contributed by atoms with van der Waals surface area (Å²) in [5, 5.41) is 7.24. The number of nitrogens with one attached hydrogen (secondary N) is 2. The van der Waals surface area contributed by atoms with Gasteiger partial charge in [0.25, 0.3) is 5.91 Å². The summed E-state index contributed by atoms with van der Waals surface area (Å²) in [5.74, 6) is -0.701. The van der Waals surface area contributed by atoms with Crippen molar-refractivity contribution in [2.75, 3.05) is 12.4 Å². The number of carbonyl (C=O) groups is 1. The second-order valence-corrected chi connectivity index (χ2v) is 8.59. The number of halogens is 1. The van der Waals surface area contributed by atoms with Gasteiger partial charge in [0, 0.05) is 16.9 Å². The van der Waals surface area contributed by atoms with Crippen LogP contribution in [0.5, 0.6) is 0 Å². The molecular formula is C20H19FN4O3S. The molecule has 0 spiro atoms. The molecule has 1 aliphatic carbocycles. The number of carbonyl (C=O) groups excluding carboxylic acids is 1. The summed E-state index contributed by atoms with van der Waals surface area (Å²) in [7, 11) is -2.20. The van der Waals surface area contributed by atoms with E-state index in [1.165, 1.54) is 43.4 Å². The lowest BCUT2D eigenvalue weighted by atomic mass is 10.2. The Hall–Kier alpha value is -3.04. The highest BCUT2D eigenvalue weighted by molar-refractivity contribution is 7.89. The van der Waals surface area contributed by atoms with Crippen LogP contribution in [0.1, 0.15) is 28.2 Å². The van der Waals surface area contributed by atoms with Gasteiger partial charge < -0.3 is 5.32 Å². The summed E-state index contributed by atoms with van der Waals surface area (Å²) < 4.78 is 40.8. The van der Waals surface area contributed by atoms with Crippen LogP contribution in [-0.4, -0.2) is 31.2 Å². The standard InChI is InChI=1S/C20H19FN4O3S/c1-22-29(27,28)16-11-7-14(8-12-16)23-20(26)19-17-3-2-4-18(17)25(24-19)15-9-5-13(21)6-10-15/h5-12,22H,2-4H2,1H3,(H,23,26). The first-order valence-electron chi connectivity index (χ1n) is 9.11. The van der Waals surface area contributed by atoms with E-state index in [9.17, 15) is 17.6 Å². The number of hydrogen-bond acceptors (Lipinski definition) is 4. The zero-order valence-corrected chi connectivity index (χ0v) is 16.5. The number of aromatic nitrogens is 2. The topological polar surface area (TPSA) is 93.1 Å². The molecule has 7 nitrogen and oxygen atoms in total. The molecule has 4 rings (SSSR count). The quantitative estimate of drug-likeness (QED) is 0.671. The zero-order valence-electron chi connectivity index (χ0n) is 15.6. The Morgan fingerprint density at radius 1 is 1.07 bits per heavy atom. The Morgan fingerprint density at radius 3 is 2.41 bits per heavy atom. The molecule has 0 saturated heterocycles. The Balaban J connectivity index is 1.61. The average Bonchev–Trinajstić information content (AvgIpc) is 3.32. The van der Waals surface area contributed by atoms with Gasteiger partial charge in [-0.05, 0) is 74.8 Å². The van der Waals surface area contributed by atoms with E-state index in [0.717, 1.165) is 30.5 Å². The average molecular weight is 414 g/mol. The molecule has 0 saturated carbocycles. The summed E-state index contributed by atoms with van der Waals surface area (Å²) in [4.78, 5) is 12.9. The molecule has 29 heavy (non-hydrogen) atoms. The van der Waals surface area contributed by atoms with Gasteiger partial charge in [0.15, 0.2) is 5.69 Å². The lowest BCUT2D eigenvalue weighted by molar-refractivity contribution is 0.102. The molecule has 0 atom stereocenters. The van der Waals surface area contributed by atoms with E-state index in [-0.39, 0.29) is 16.6 Å². The van der Waals surface area contributed by atoms with Gasteiger partial charge in [0.2, 0.25) is 10.0 Å². The van der Waals surface area contributed by atoms with Crippen LogP contribution in [0.25, 0.3) is 5.69 Å². The Bertz CT molecular complexity index is 1170. The monoisotopic (exact) mass is 414 g/mol. The summed E-state index contributed by atoms with van der Waals surface area (Å²) >= 11 is 0. The van der Waals surface area contributed by atoms with E-state index in [4.69, 9.17) is 0 Å². The first-order valence-corrected chi connectivity index (χ1v) is 10.6. The predicted molar refractivity (Wildman–Crippen MR) is 106 cm³/mol. The highest BCUT2D eigenvalue weighted by Crippen LogP contribution is 2.28. The Labute approximate surface area is 167 Å². The predicted octanol–water partition coefficient (Wildman–Crippen LogP) is 2.66. The van der Waals surface area contributed by atoms with Gasteiger partial charge in [-0.2, -0.15) is 5.10 Å². The van der Waals surface area contributed by atoms with E-state index in [1.54, 1.807) is 16.8 Å². The molecule has 0 bridgehead atoms. The minimum absolute atomic E-state index is 0.111. The van der Waals surface area contributed by atoms with Gasteiger partial charge in [-0.25, -0.2) is 22.2 Å². The van der Waals surface area contributed by atoms with Gasteiger partial charge in [-0.3, -0.25) is 4.79 Å². The van der Waals surface area contributed by atoms with Crippen LogP contribution >= 0.6 is 0 Å². The van der Waals surface area contributed by atoms with E-state index < -0.39 is 10.0 Å². The minimum Gasteiger partial charge on any atom is -0.321 e. The van der Waals surface area contributed by atoms with Crippen LogP contribution in [0, 0.1) is 5.82 Å². The van der Waals surface area contributed by atoms with Crippen molar-refractivity contribution in [3.8, 4) is 5.69 Å². The third-order valence-corrected chi connectivity index (χ3v) is 6.34. The first-order chi connectivity index (χ1) is 13.9. The molecule has 9 heteroatoms. The van der Waals surface area contributed by atoms with Crippen LogP contribution in [0.2, 0.25) is 0 Å². The molecule has 0 aliphatic heterocycles. The smallest absolute Gasteiger partial charge is 0.276 e. The Morgan fingerprint density at radius 2 is 1.76 bits per heavy atom. The number of sulfonamides is 1. The van der Waals surface area contributed by atoms with Crippen molar-refractivity contribution >= 4 is 21.6 Å². The second kappa shape index (κ2) is 7.41. The van der Waals surface area contributed by atoms with Crippen LogP contribution in [0.15, 0.2) is 53.4 Å². The number of fused-ring (bicyclic) bond motifs is 1. The maximum absolute atomic E-state index is 13.2. The number of hydrogen-bond donors (Lipinski definition) is 2. The fourth-order valence-corrected chi connectivity index (χ4v) is 4.17. The first kappa shape index (κ1) is 19.3. The molecule has 0 radical (unpaired) electrons. The molecule has 1 heterocycles. The molecule has 2 N–H and O–H groups in total. The summed E-state index contributed by atoms with van der Waals surface area (Å²) in [6.45, 7) is 0. The van der Waals surface area contributed by atoms with Crippen molar-refractivity contribution in [1.82, 2.24) is 14.5 Å². The normalized spacial score (nSPS) is 13.3. The number of anilines is 1. The van der Waals surface area contributed by atoms with Crippen LogP contribution in [0.3, 0.4) is 0 Å². The van der Waals surface area contributed by atoms with Crippen molar-refractivity contribution in [2.45, 2.75) is 24.2 Å². The van der Waals surface area contributed by atoms with Gasteiger partial charge in [0.05, 0.1) is 10.6 Å². The molecule has 2 aromatic carbocycles. The maximum Gasteiger partial charge on any atom is 0.276 e. The van der Waals surface area contributed by atoms with E-state index >= 15 is 0 Å². The van der Waals surface area contributed by atoms with Crippen molar-refractivity contribution < 1.29 is 17.6 Å². The molecule has 1 amide bonds. The zero-order chi connectivity index (χ0) is 20.6. The molecule has 0 unspecified atom stereocenters. The molecule has 0 fully saturated rings. The number of benzene rings is 2. The largest absolute Gasteiger partial charge is 0.321 e. The number of amides is 1. The fraction of sp³-hybridized carbons (Fsp3) is 0.200. The van der Waals surface area contributed by atoms with Gasteiger partial charge in [-0.15, -0.1) is 0 Å². The highest BCUT2D eigenvalue weighted by atomic mass is 32.2. The van der Waals surface area contributed by atoms with Crippen molar-refractivity contribution in [2.24, 2.45) is 0 Å². The Kier molecular flexibility index (Phi) is 4.93. The van der Waals surface area contributed by atoms with E-state index in [1.807, 2.05) is 0 Å². The fourth-order valence-electron chi connectivity index (χ4n) is 3.44. The van der Waals surface area contributed by atoms with Crippen molar-refractivity contribution in [3.63, 3.8) is 0 Å². The molecular weight excluding hydrogens is 395 g/mol. The minimum atomic E-state index is -3.54. The van der Waals surface area contributed by atoms with Gasteiger partial charge >= 0.3 is 0 Å². The van der Waals surface area contributed by atoms with Crippen LogP contribution < -0.4 is 10.0 Å². The van der Waals surface area contributed by atoms with Crippen molar-refractivity contribution in [1.29, 1.82) is 0 Å². The number of rotatable bonds is 5. The highest BCUT2D eigenvalue weighted by Gasteiger charge is 2.27.